The highest BCUT2D eigenvalue weighted by molar-refractivity contribution is 7.98. The van der Waals surface area contributed by atoms with Crippen molar-refractivity contribution in [2.45, 2.75) is 30.5 Å². The first-order valence-electron chi connectivity index (χ1n) is 5.24. The summed E-state index contributed by atoms with van der Waals surface area (Å²) in [5.74, 6) is 2.13. The molecule has 0 atom stereocenters. The van der Waals surface area contributed by atoms with Gasteiger partial charge < -0.3 is 4.52 Å². The Morgan fingerprint density at radius 2 is 2.31 bits per heavy atom. The number of nitrogens with zero attached hydrogens (tertiary/aromatic N) is 3. The lowest BCUT2D eigenvalue weighted by Gasteiger charge is -1.94. The maximum atomic E-state index is 5.13. The summed E-state index contributed by atoms with van der Waals surface area (Å²) in [5.41, 5.74) is 0. The van der Waals surface area contributed by atoms with Gasteiger partial charge in [0.1, 0.15) is 0 Å². The van der Waals surface area contributed by atoms with Gasteiger partial charge in [0, 0.05) is 12.6 Å². The lowest BCUT2D eigenvalue weighted by Crippen LogP contribution is -1.87. The van der Waals surface area contributed by atoms with Crippen molar-refractivity contribution in [1.82, 2.24) is 15.1 Å². The molecule has 2 aromatic rings. The van der Waals surface area contributed by atoms with Crippen LogP contribution < -0.4 is 0 Å². The van der Waals surface area contributed by atoms with Gasteiger partial charge in [-0.2, -0.15) is 4.98 Å². The van der Waals surface area contributed by atoms with Gasteiger partial charge in [-0.1, -0.05) is 29.9 Å². The minimum atomic E-state index is 0.666. The molecule has 0 bridgehead atoms. The van der Waals surface area contributed by atoms with E-state index >= 15 is 0 Å². The Bertz CT molecular complexity index is 430. The molecule has 0 radical (unpaired) electrons. The molecule has 0 aliphatic heterocycles. The van der Waals surface area contributed by atoms with E-state index in [4.69, 9.17) is 4.52 Å². The van der Waals surface area contributed by atoms with Gasteiger partial charge in [0.2, 0.25) is 5.89 Å². The second-order valence-electron chi connectivity index (χ2n) is 3.31. The number of rotatable bonds is 5. The maximum Gasteiger partial charge on any atom is 0.237 e. The van der Waals surface area contributed by atoms with Crippen LogP contribution in [0.3, 0.4) is 0 Å². The van der Waals surface area contributed by atoms with Crippen LogP contribution in [0.5, 0.6) is 0 Å². The molecule has 0 spiro atoms. The summed E-state index contributed by atoms with van der Waals surface area (Å²) in [5, 5.41) is 4.87. The number of thioether (sulfide) groups is 1. The Balaban J connectivity index is 1.89. The van der Waals surface area contributed by atoms with Crippen molar-refractivity contribution in [2.75, 3.05) is 0 Å². The van der Waals surface area contributed by atoms with Gasteiger partial charge in [-0.05, 0) is 18.6 Å². The van der Waals surface area contributed by atoms with E-state index in [-0.39, 0.29) is 0 Å². The molecule has 0 fully saturated rings. The number of hydrogen-bond donors (Lipinski definition) is 0. The van der Waals surface area contributed by atoms with Gasteiger partial charge in [-0.15, -0.1) is 0 Å². The Morgan fingerprint density at radius 1 is 1.38 bits per heavy atom. The lowest BCUT2D eigenvalue weighted by molar-refractivity contribution is 0.384. The van der Waals surface area contributed by atoms with Crippen LogP contribution in [-0.2, 0) is 12.2 Å². The molecule has 4 nitrogen and oxygen atoms in total. The highest BCUT2D eigenvalue weighted by Gasteiger charge is 2.06. The van der Waals surface area contributed by atoms with E-state index in [1.54, 1.807) is 18.0 Å². The van der Waals surface area contributed by atoms with Crippen molar-refractivity contribution < 1.29 is 4.52 Å². The summed E-state index contributed by atoms with van der Waals surface area (Å²) in [7, 11) is 0. The number of pyridine rings is 1. The molecule has 0 amide bonds. The zero-order chi connectivity index (χ0) is 11.2. The van der Waals surface area contributed by atoms with Crippen molar-refractivity contribution in [3.05, 3.63) is 36.1 Å². The SMILES string of the molecule is CCCc1noc(CSc2ccccn2)n1. The fourth-order valence-electron chi connectivity index (χ4n) is 1.24. The molecule has 0 aromatic carbocycles. The van der Waals surface area contributed by atoms with Crippen LogP contribution in [0.25, 0.3) is 0 Å². The molecular weight excluding hydrogens is 222 g/mol. The van der Waals surface area contributed by atoms with Crippen molar-refractivity contribution in [3.8, 4) is 0 Å². The van der Waals surface area contributed by atoms with Gasteiger partial charge in [0.25, 0.3) is 0 Å². The molecule has 0 aliphatic rings. The summed E-state index contributed by atoms with van der Waals surface area (Å²) in [4.78, 5) is 8.50. The molecule has 0 saturated heterocycles. The molecule has 2 rings (SSSR count). The molecular formula is C11H13N3OS. The molecule has 0 unspecified atom stereocenters. The minimum Gasteiger partial charge on any atom is -0.338 e. The molecule has 2 aromatic heterocycles. The van der Waals surface area contributed by atoms with Crippen LogP contribution in [0.1, 0.15) is 25.1 Å². The van der Waals surface area contributed by atoms with Crippen LogP contribution >= 0.6 is 11.8 Å². The predicted octanol–water partition coefficient (Wildman–Crippen LogP) is 2.71. The highest BCUT2D eigenvalue weighted by Crippen LogP contribution is 2.19. The zero-order valence-electron chi connectivity index (χ0n) is 9.09. The van der Waals surface area contributed by atoms with Crippen molar-refractivity contribution in [1.29, 1.82) is 0 Å². The van der Waals surface area contributed by atoms with Crippen LogP contribution in [-0.4, -0.2) is 15.1 Å². The van der Waals surface area contributed by atoms with Crippen molar-refractivity contribution >= 4 is 11.8 Å². The molecule has 84 valence electrons. The summed E-state index contributed by atoms with van der Waals surface area (Å²) in [6, 6.07) is 5.83. The van der Waals surface area contributed by atoms with Crippen LogP contribution in [0.2, 0.25) is 0 Å². The van der Waals surface area contributed by atoms with E-state index in [1.807, 2.05) is 18.2 Å². The number of aryl methyl sites for hydroxylation is 1. The van der Waals surface area contributed by atoms with Gasteiger partial charge in [-0.25, -0.2) is 4.98 Å². The van der Waals surface area contributed by atoms with E-state index in [9.17, 15) is 0 Å². The Morgan fingerprint density at radius 3 is 3.06 bits per heavy atom. The summed E-state index contributed by atoms with van der Waals surface area (Å²) >= 11 is 1.60. The maximum absolute atomic E-state index is 5.13. The second kappa shape index (κ2) is 5.65. The van der Waals surface area contributed by atoms with Gasteiger partial charge in [-0.3, -0.25) is 0 Å². The van der Waals surface area contributed by atoms with E-state index < -0.39 is 0 Å². The molecule has 0 N–H and O–H groups in total. The standard InChI is InChI=1S/C11H13N3OS/c1-2-5-9-13-10(15-14-9)8-16-11-6-3-4-7-12-11/h3-4,6-7H,2,5,8H2,1H3. The lowest BCUT2D eigenvalue weighted by atomic mass is 10.3. The normalized spacial score (nSPS) is 10.6. The molecule has 16 heavy (non-hydrogen) atoms. The monoisotopic (exact) mass is 235 g/mol. The van der Waals surface area contributed by atoms with Crippen molar-refractivity contribution in [3.63, 3.8) is 0 Å². The largest absolute Gasteiger partial charge is 0.338 e. The van der Waals surface area contributed by atoms with Crippen LogP contribution in [0.15, 0.2) is 33.9 Å². The van der Waals surface area contributed by atoms with Crippen LogP contribution in [0, 0.1) is 0 Å². The van der Waals surface area contributed by atoms with Gasteiger partial charge in [0.15, 0.2) is 5.82 Å². The van der Waals surface area contributed by atoms with Gasteiger partial charge >= 0.3 is 0 Å². The summed E-state index contributed by atoms with van der Waals surface area (Å²) in [6.45, 7) is 2.10. The quantitative estimate of drug-likeness (QED) is 0.746. The van der Waals surface area contributed by atoms with Gasteiger partial charge in [0.05, 0.1) is 10.8 Å². The zero-order valence-corrected chi connectivity index (χ0v) is 9.91. The van der Waals surface area contributed by atoms with Crippen molar-refractivity contribution in [2.24, 2.45) is 0 Å². The Labute approximate surface area is 98.5 Å². The minimum absolute atomic E-state index is 0.666. The topological polar surface area (TPSA) is 51.8 Å². The molecule has 2 heterocycles. The fraction of sp³-hybridized carbons (Fsp3) is 0.364. The van der Waals surface area contributed by atoms with Crippen LogP contribution in [0.4, 0.5) is 0 Å². The first kappa shape index (κ1) is 11.1. The number of aromatic nitrogens is 3. The highest BCUT2D eigenvalue weighted by atomic mass is 32.2. The molecule has 5 heteroatoms. The van der Waals surface area contributed by atoms with E-state index in [0.29, 0.717) is 11.6 Å². The third-order valence-corrected chi connectivity index (χ3v) is 2.89. The van der Waals surface area contributed by atoms with E-state index in [1.165, 1.54) is 0 Å². The van der Waals surface area contributed by atoms with E-state index in [0.717, 1.165) is 23.7 Å². The summed E-state index contributed by atoms with van der Waals surface area (Å²) in [6.07, 6.45) is 3.68. The first-order valence-corrected chi connectivity index (χ1v) is 6.22. The fourth-order valence-corrected chi connectivity index (χ4v) is 1.94. The molecule has 0 saturated carbocycles. The van der Waals surface area contributed by atoms with E-state index in [2.05, 4.69) is 22.0 Å². The average molecular weight is 235 g/mol. The number of hydrogen-bond acceptors (Lipinski definition) is 5. The smallest absolute Gasteiger partial charge is 0.237 e. The summed E-state index contributed by atoms with van der Waals surface area (Å²) < 4.78 is 5.13. The second-order valence-corrected chi connectivity index (χ2v) is 4.31. The Kier molecular flexibility index (Phi) is 3.93. The third-order valence-electron chi connectivity index (χ3n) is 1.97. The Hall–Kier alpha value is -1.36. The third kappa shape index (κ3) is 3.06. The molecule has 0 aliphatic carbocycles. The first-order chi connectivity index (χ1) is 7.88. The predicted molar refractivity (Wildman–Crippen MR) is 62.1 cm³/mol. The average Bonchev–Trinajstić information content (AvgIpc) is 2.76.